The van der Waals surface area contributed by atoms with E-state index in [9.17, 15) is 0 Å². The van der Waals surface area contributed by atoms with E-state index in [1.165, 1.54) is 50.6 Å². The lowest BCUT2D eigenvalue weighted by Crippen LogP contribution is -2.17. The van der Waals surface area contributed by atoms with Gasteiger partial charge in [-0.25, -0.2) is 0 Å². The monoisotopic (exact) mass is 355 g/mol. The molecular formula is C17H26BrNO2. The van der Waals surface area contributed by atoms with Crippen LogP contribution in [0.4, 0.5) is 0 Å². The molecule has 0 aliphatic heterocycles. The number of rotatable bonds is 10. The third-order valence-electron chi connectivity index (χ3n) is 3.94. The smallest absolute Gasteiger partial charge is 0.161 e. The molecule has 0 saturated heterocycles. The fourth-order valence-corrected chi connectivity index (χ4v) is 3.00. The molecule has 21 heavy (non-hydrogen) atoms. The zero-order valence-electron chi connectivity index (χ0n) is 13.1. The van der Waals surface area contributed by atoms with Gasteiger partial charge in [0.25, 0.3) is 0 Å². The number of benzene rings is 1. The lowest BCUT2D eigenvalue weighted by Gasteiger charge is -2.12. The minimum atomic E-state index is 0.777. The normalized spacial score (nSPS) is 14.2. The summed E-state index contributed by atoms with van der Waals surface area (Å²) in [5, 5.41) is 3.56. The predicted molar refractivity (Wildman–Crippen MR) is 90.4 cm³/mol. The Bertz CT molecular complexity index is 447. The van der Waals surface area contributed by atoms with Crippen LogP contribution in [0.1, 0.15) is 44.1 Å². The summed E-state index contributed by atoms with van der Waals surface area (Å²) < 4.78 is 11.8. The van der Waals surface area contributed by atoms with Gasteiger partial charge in [-0.3, -0.25) is 0 Å². The number of ether oxygens (including phenoxy) is 2. The van der Waals surface area contributed by atoms with Crippen LogP contribution in [0.25, 0.3) is 0 Å². The van der Waals surface area contributed by atoms with Crippen molar-refractivity contribution in [3.05, 3.63) is 22.2 Å². The average molecular weight is 356 g/mol. The molecule has 118 valence electrons. The number of halogens is 1. The second-order valence-electron chi connectivity index (χ2n) is 5.69. The van der Waals surface area contributed by atoms with Gasteiger partial charge in [0, 0.05) is 10.5 Å². The number of hydrogen-bond donors (Lipinski definition) is 1. The molecule has 1 saturated carbocycles. The molecule has 1 aliphatic carbocycles. The third-order valence-corrected chi connectivity index (χ3v) is 4.67. The maximum Gasteiger partial charge on any atom is 0.161 e. The van der Waals surface area contributed by atoms with Crippen LogP contribution in [0, 0.1) is 0 Å². The lowest BCUT2D eigenvalue weighted by molar-refractivity contribution is 0.354. The molecule has 1 aromatic rings. The molecule has 1 N–H and O–H groups in total. The zero-order valence-corrected chi connectivity index (χ0v) is 14.7. The zero-order chi connectivity index (χ0) is 15.1. The van der Waals surface area contributed by atoms with E-state index in [1.807, 2.05) is 6.07 Å². The molecule has 0 amide bonds. The van der Waals surface area contributed by atoms with Crippen molar-refractivity contribution < 1.29 is 9.47 Å². The molecule has 0 unspecified atom stereocenters. The van der Waals surface area contributed by atoms with E-state index < -0.39 is 0 Å². The Morgan fingerprint density at radius 2 is 1.71 bits per heavy atom. The maximum absolute atomic E-state index is 5.37. The standard InChI is InChI=1S/C17H26BrNO2/c1-20-16-11-13(15(18)12-17(16)21-2)7-5-3-4-6-10-19-14-8-9-14/h11-12,14,19H,3-10H2,1-2H3. The van der Waals surface area contributed by atoms with Crippen LogP contribution >= 0.6 is 15.9 Å². The van der Waals surface area contributed by atoms with Crippen LogP contribution in [0.5, 0.6) is 11.5 Å². The maximum atomic E-state index is 5.37. The topological polar surface area (TPSA) is 30.5 Å². The molecule has 1 fully saturated rings. The Balaban J connectivity index is 1.69. The third kappa shape index (κ3) is 5.51. The molecule has 3 nitrogen and oxygen atoms in total. The number of methoxy groups -OCH3 is 2. The van der Waals surface area contributed by atoms with Crippen LogP contribution in [0.3, 0.4) is 0 Å². The summed E-state index contributed by atoms with van der Waals surface area (Å²) in [6, 6.07) is 4.92. The molecule has 0 bridgehead atoms. The van der Waals surface area contributed by atoms with Crippen molar-refractivity contribution in [2.75, 3.05) is 20.8 Å². The van der Waals surface area contributed by atoms with Gasteiger partial charge >= 0.3 is 0 Å². The first-order chi connectivity index (χ1) is 10.2. The van der Waals surface area contributed by atoms with Crippen LogP contribution in [-0.2, 0) is 6.42 Å². The highest BCUT2D eigenvalue weighted by Crippen LogP contribution is 2.34. The fourth-order valence-electron chi connectivity index (χ4n) is 2.48. The molecule has 2 rings (SSSR count). The van der Waals surface area contributed by atoms with Crippen LogP contribution in [0.15, 0.2) is 16.6 Å². The summed E-state index contributed by atoms with van der Waals surface area (Å²) in [5.74, 6) is 1.59. The molecule has 0 spiro atoms. The summed E-state index contributed by atoms with van der Waals surface area (Å²) in [6.07, 6.45) is 8.95. The van der Waals surface area contributed by atoms with E-state index in [0.29, 0.717) is 0 Å². The highest BCUT2D eigenvalue weighted by molar-refractivity contribution is 9.10. The Morgan fingerprint density at radius 3 is 2.38 bits per heavy atom. The molecule has 0 heterocycles. The van der Waals surface area contributed by atoms with E-state index in [0.717, 1.165) is 28.4 Å². The Morgan fingerprint density at radius 1 is 1.05 bits per heavy atom. The number of hydrogen-bond acceptors (Lipinski definition) is 3. The minimum absolute atomic E-state index is 0.777. The van der Waals surface area contributed by atoms with Crippen molar-refractivity contribution in [1.29, 1.82) is 0 Å². The lowest BCUT2D eigenvalue weighted by atomic mass is 10.1. The van der Waals surface area contributed by atoms with Gasteiger partial charge in [0.2, 0.25) is 0 Å². The molecular weight excluding hydrogens is 330 g/mol. The van der Waals surface area contributed by atoms with Crippen LogP contribution in [-0.4, -0.2) is 26.8 Å². The van der Waals surface area contributed by atoms with E-state index >= 15 is 0 Å². The fraction of sp³-hybridized carbons (Fsp3) is 0.647. The molecule has 0 aromatic heterocycles. The first kappa shape index (κ1) is 16.6. The summed E-state index contributed by atoms with van der Waals surface area (Å²) in [4.78, 5) is 0. The van der Waals surface area contributed by atoms with Crippen LogP contribution < -0.4 is 14.8 Å². The summed E-state index contributed by atoms with van der Waals surface area (Å²) >= 11 is 3.62. The van der Waals surface area contributed by atoms with E-state index in [1.54, 1.807) is 14.2 Å². The summed E-state index contributed by atoms with van der Waals surface area (Å²) in [5.41, 5.74) is 1.30. The molecule has 1 aromatic carbocycles. The SMILES string of the molecule is COc1cc(Br)c(CCCCCCNC2CC2)cc1OC. The Kier molecular flexibility index (Phi) is 6.84. The van der Waals surface area contributed by atoms with Gasteiger partial charge in [-0.15, -0.1) is 0 Å². The van der Waals surface area contributed by atoms with Crippen molar-refractivity contribution in [2.45, 2.75) is 51.0 Å². The van der Waals surface area contributed by atoms with Gasteiger partial charge in [0.1, 0.15) is 0 Å². The van der Waals surface area contributed by atoms with Gasteiger partial charge in [-0.05, 0) is 56.3 Å². The van der Waals surface area contributed by atoms with Gasteiger partial charge in [-0.1, -0.05) is 28.8 Å². The molecule has 4 heteroatoms. The van der Waals surface area contributed by atoms with E-state index in [2.05, 4.69) is 27.3 Å². The quantitative estimate of drug-likeness (QED) is 0.634. The van der Waals surface area contributed by atoms with Crippen LogP contribution in [0.2, 0.25) is 0 Å². The van der Waals surface area contributed by atoms with Crippen molar-refractivity contribution in [3.63, 3.8) is 0 Å². The van der Waals surface area contributed by atoms with Gasteiger partial charge in [0.15, 0.2) is 11.5 Å². The van der Waals surface area contributed by atoms with E-state index in [-0.39, 0.29) is 0 Å². The highest BCUT2D eigenvalue weighted by Gasteiger charge is 2.19. The van der Waals surface area contributed by atoms with Crippen molar-refractivity contribution in [2.24, 2.45) is 0 Å². The van der Waals surface area contributed by atoms with Gasteiger partial charge in [0.05, 0.1) is 14.2 Å². The number of unbranched alkanes of at least 4 members (excludes halogenated alkanes) is 3. The number of aryl methyl sites for hydroxylation is 1. The van der Waals surface area contributed by atoms with Gasteiger partial charge < -0.3 is 14.8 Å². The van der Waals surface area contributed by atoms with Crippen molar-refractivity contribution >= 4 is 15.9 Å². The molecule has 1 aliphatic rings. The first-order valence-corrected chi connectivity index (χ1v) is 8.67. The first-order valence-electron chi connectivity index (χ1n) is 7.88. The molecule has 0 atom stereocenters. The summed E-state index contributed by atoms with van der Waals surface area (Å²) in [6.45, 7) is 1.19. The largest absolute Gasteiger partial charge is 0.493 e. The Labute approximate surface area is 136 Å². The Hall–Kier alpha value is -0.740. The highest BCUT2D eigenvalue weighted by atomic mass is 79.9. The van der Waals surface area contributed by atoms with Crippen molar-refractivity contribution in [1.82, 2.24) is 5.32 Å². The second-order valence-corrected chi connectivity index (χ2v) is 6.55. The molecule has 0 radical (unpaired) electrons. The number of nitrogens with one attached hydrogen (secondary N) is 1. The van der Waals surface area contributed by atoms with Crippen molar-refractivity contribution in [3.8, 4) is 11.5 Å². The predicted octanol–water partition coefficient (Wildman–Crippen LogP) is 4.32. The second kappa shape index (κ2) is 8.64. The average Bonchev–Trinajstić information content (AvgIpc) is 3.31. The van der Waals surface area contributed by atoms with Gasteiger partial charge in [-0.2, -0.15) is 0 Å². The minimum Gasteiger partial charge on any atom is -0.493 e. The van der Waals surface area contributed by atoms with E-state index in [4.69, 9.17) is 9.47 Å². The summed E-state index contributed by atoms with van der Waals surface area (Å²) in [7, 11) is 3.35.